The second-order valence-electron chi connectivity index (χ2n) is 6.36. The van der Waals surface area contributed by atoms with Gasteiger partial charge in [0.25, 0.3) is 0 Å². The van der Waals surface area contributed by atoms with Crippen LogP contribution in [0.15, 0.2) is 35.9 Å². The van der Waals surface area contributed by atoms with Crippen LogP contribution in [0.5, 0.6) is 0 Å². The van der Waals surface area contributed by atoms with E-state index >= 15 is 0 Å². The number of hydrogen-bond donors (Lipinski definition) is 1. The van der Waals surface area contributed by atoms with Crippen LogP contribution in [0, 0.1) is 11.3 Å². The molecule has 0 saturated heterocycles. The quantitative estimate of drug-likeness (QED) is 0.769. The number of anilines is 1. The Labute approximate surface area is 145 Å². The molecular weight excluding hydrogens is 324 g/mol. The molecule has 1 aliphatic carbocycles. The summed E-state index contributed by atoms with van der Waals surface area (Å²) in [5, 5.41) is 10.7. The van der Waals surface area contributed by atoms with Crippen molar-refractivity contribution >= 4 is 40.1 Å². The van der Waals surface area contributed by atoms with E-state index in [4.69, 9.17) is 17.3 Å². The number of rotatable bonds is 2. The van der Waals surface area contributed by atoms with Gasteiger partial charge in [-0.3, -0.25) is 0 Å². The third-order valence-electron chi connectivity index (χ3n) is 4.03. The molecule has 4 heteroatoms. The van der Waals surface area contributed by atoms with E-state index in [1.54, 1.807) is 0 Å². The molecule has 1 aromatic carbocycles. The summed E-state index contributed by atoms with van der Waals surface area (Å²) in [6.07, 6.45) is 7.21. The average molecular weight is 341 g/mol. The molecule has 0 radical (unpaired) electrons. The standard InChI is InChI=1S/C19H17ClN2S/c1-19(2)10-13(4-3-12-5-7-14(20)8-6-12)9-15-16(11-21)18(22)23-17(15)19/h3-9H,10,22H2,1-2H3/b4-3+. The van der Waals surface area contributed by atoms with E-state index in [2.05, 4.69) is 38.1 Å². The molecule has 0 atom stereocenters. The van der Waals surface area contributed by atoms with E-state index < -0.39 is 0 Å². The molecule has 0 saturated carbocycles. The molecule has 1 heterocycles. The minimum Gasteiger partial charge on any atom is -0.389 e. The van der Waals surface area contributed by atoms with E-state index in [0.717, 1.165) is 22.6 Å². The Morgan fingerprint density at radius 1 is 1.26 bits per heavy atom. The zero-order chi connectivity index (χ0) is 16.6. The lowest BCUT2D eigenvalue weighted by molar-refractivity contribution is 0.531. The molecule has 2 aromatic rings. The number of nitrogens with two attached hydrogens (primary N) is 1. The summed E-state index contributed by atoms with van der Waals surface area (Å²) in [4.78, 5) is 1.20. The van der Waals surface area contributed by atoms with Crippen molar-refractivity contribution < 1.29 is 0 Å². The van der Waals surface area contributed by atoms with Crippen LogP contribution in [-0.2, 0) is 5.41 Å². The van der Waals surface area contributed by atoms with Gasteiger partial charge < -0.3 is 5.73 Å². The lowest BCUT2D eigenvalue weighted by Gasteiger charge is -2.29. The second-order valence-corrected chi connectivity index (χ2v) is 7.85. The van der Waals surface area contributed by atoms with Crippen molar-refractivity contribution in [3.63, 3.8) is 0 Å². The molecule has 0 unspecified atom stereocenters. The van der Waals surface area contributed by atoms with E-state index in [1.165, 1.54) is 21.8 Å². The first kappa shape index (κ1) is 15.9. The highest BCUT2D eigenvalue weighted by Gasteiger charge is 2.32. The van der Waals surface area contributed by atoms with Crippen molar-refractivity contribution in [3.05, 3.63) is 62.5 Å². The SMILES string of the molecule is CC1(C)CC(/C=C/c2ccc(Cl)cc2)=Cc2c1sc(N)c2C#N. The van der Waals surface area contributed by atoms with Gasteiger partial charge in [0.05, 0.1) is 5.56 Å². The maximum absolute atomic E-state index is 9.37. The summed E-state index contributed by atoms with van der Waals surface area (Å²) in [5.74, 6) is 0. The van der Waals surface area contributed by atoms with Crippen molar-refractivity contribution in [2.75, 3.05) is 5.73 Å². The van der Waals surface area contributed by atoms with Crippen molar-refractivity contribution in [2.45, 2.75) is 25.7 Å². The first-order valence-corrected chi connectivity index (χ1v) is 8.57. The van der Waals surface area contributed by atoms with Crippen LogP contribution in [-0.4, -0.2) is 0 Å². The first-order chi connectivity index (χ1) is 10.9. The largest absolute Gasteiger partial charge is 0.389 e. The molecule has 23 heavy (non-hydrogen) atoms. The average Bonchev–Trinajstić information content (AvgIpc) is 2.83. The third kappa shape index (κ3) is 3.06. The van der Waals surface area contributed by atoms with Crippen LogP contribution >= 0.6 is 22.9 Å². The van der Waals surface area contributed by atoms with Crippen molar-refractivity contribution in [3.8, 4) is 6.07 Å². The van der Waals surface area contributed by atoms with Crippen molar-refractivity contribution in [1.29, 1.82) is 5.26 Å². The molecule has 3 rings (SSSR count). The maximum Gasteiger partial charge on any atom is 0.105 e. The number of benzene rings is 1. The van der Waals surface area contributed by atoms with Crippen LogP contribution in [0.4, 0.5) is 5.00 Å². The fourth-order valence-electron chi connectivity index (χ4n) is 2.93. The number of nitriles is 1. The number of allylic oxidation sites excluding steroid dienone is 2. The van der Waals surface area contributed by atoms with Gasteiger partial charge in [0.15, 0.2) is 0 Å². The summed E-state index contributed by atoms with van der Waals surface area (Å²) >= 11 is 7.45. The van der Waals surface area contributed by atoms with Gasteiger partial charge >= 0.3 is 0 Å². The predicted octanol–water partition coefficient (Wildman–Crippen LogP) is 5.63. The lowest BCUT2D eigenvalue weighted by Crippen LogP contribution is -2.20. The monoisotopic (exact) mass is 340 g/mol. The number of thiophene rings is 1. The summed E-state index contributed by atoms with van der Waals surface area (Å²) in [7, 11) is 0. The van der Waals surface area contributed by atoms with Gasteiger partial charge in [0, 0.05) is 20.9 Å². The minimum atomic E-state index is -0.0162. The number of nitrogens with zero attached hydrogens (tertiary/aromatic N) is 1. The first-order valence-electron chi connectivity index (χ1n) is 7.38. The Morgan fingerprint density at radius 3 is 2.61 bits per heavy atom. The van der Waals surface area contributed by atoms with Gasteiger partial charge in [-0.25, -0.2) is 0 Å². The molecule has 1 aliphatic rings. The van der Waals surface area contributed by atoms with E-state index in [1.807, 2.05) is 24.3 Å². The molecule has 0 spiro atoms. The smallest absolute Gasteiger partial charge is 0.105 e. The fourth-order valence-corrected chi connectivity index (χ4v) is 4.15. The zero-order valence-electron chi connectivity index (χ0n) is 13.1. The van der Waals surface area contributed by atoms with Gasteiger partial charge in [0.2, 0.25) is 0 Å². The van der Waals surface area contributed by atoms with Crippen LogP contribution in [0.3, 0.4) is 0 Å². The Balaban J connectivity index is 1.99. The Hall–Kier alpha value is -2.02. The van der Waals surface area contributed by atoms with Crippen LogP contribution < -0.4 is 5.73 Å². The molecule has 0 fully saturated rings. The highest BCUT2D eigenvalue weighted by atomic mass is 35.5. The van der Waals surface area contributed by atoms with E-state index in [-0.39, 0.29) is 5.41 Å². The lowest BCUT2D eigenvalue weighted by atomic mass is 9.77. The highest BCUT2D eigenvalue weighted by Crippen LogP contribution is 2.46. The van der Waals surface area contributed by atoms with Gasteiger partial charge in [-0.05, 0) is 35.8 Å². The Kier molecular flexibility index (Phi) is 4.06. The van der Waals surface area contributed by atoms with Crippen LogP contribution in [0.1, 0.15) is 41.8 Å². The number of nitrogen functional groups attached to an aromatic ring is 1. The number of fused-ring (bicyclic) bond motifs is 1. The molecule has 2 nitrogen and oxygen atoms in total. The Bertz CT molecular complexity index is 849. The van der Waals surface area contributed by atoms with Crippen LogP contribution in [0.2, 0.25) is 5.02 Å². The summed E-state index contributed by atoms with van der Waals surface area (Å²) < 4.78 is 0. The molecule has 116 valence electrons. The molecule has 0 bridgehead atoms. The zero-order valence-corrected chi connectivity index (χ0v) is 14.6. The number of halogens is 1. The summed E-state index contributed by atoms with van der Waals surface area (Å²) in [6.45, 7) is 4.40. The fraction of sp³-hybridized carbons (Fsp3) is 0.211. The maximum atomic E-state index is 9.37. The third-order valence-corrected chi connectivity index (χ3v) is 5.69. The van der Waals surface area contributed by atoms with E-state index in [0.29, 0.717) is 10.6 Å². The summed E-state index contributed by atoms with van der Waals surface area (Å²) in [6, 6.07) is 9.98. The second kappa shape index (κ2) is 5.88. The molecule has 0 amide bonds. The summed E-state index contributed by atoms with van der Waals surface area (Å²) in [5.41, 5.74) is 9.89. The van der Waals surface area contributed by atoms with Gasteiger partial charge in [-0.15, -0.1) is 11.3 Å². The topological polar surface area (TPSA) is 49.8 Å². The molecule has 0 aliphatic heterocycles. The normalized spacial score (nSPS) is 16.0. The van der Waals surface area contributed by atoms with Gasteiger partial charge in [-0.2, -0.15) is 5.26 Å². The molecule has 2 N–H and O–H groups in total. The predicted molar refractivity (Wildman–Crippen MR) is 99.6 cm³/mol. The van der Waals surface area contributed by atoms with Crippen LogP contribution in [0.25, 0.3) is 12.2 Å². The number of hydrogen-bond acceptors (Lipinski definition) is 3. The van der Waals surface area contributed by atoms with Gasteiger partial charge in [0.1, 0.15) is 11.1 Å². The molecule has 1 aromatic heterocycles. The Morgan fingerprint density at radius 2 is 1.96 bits per heavy atom. The highest BCUT2D eigenvalue weighted by molar-refractivity contribution is 7.16. The van der Waals surface area contributed by atoms with Crippen molar-refractivity contribution in [2.24, 2.45) is 0 Å². The van der Waals surface area contributed by atoms with E-state index in [9.17, 15) is 5.26 Å². The van der Waals surface area contributed by atoms with Gasteiger partial charge in [-0.1, -0.05) is 49.7 Å². The minimum absolute atomic E-state index is 0.0162. The van der Waals surface area contributed by atoms with Crippen molar-refractivity contribution in [1.82, 2.24) is 0 Å². The molecular formula is C19H17ClN2S.